The number of hydrogen-bond donors (Lipinski definition) is 1. The van der Waals surface area contributed by atoms with Crippen LogP contribution in [-0.2, 0) is 23.9 Å². The molecule has 0 radical (unpaired) electrons. The van der Waals surface area contributed by atoms with E-state index in [0.29, 0.717) is 10.6 Å². The minimum atomic E-state index is -4.35. The number of amides is 1. The molecule has 0 saturated carbocycles. The predicted molar refractivity (Wildman–Crippen MR) is 78.4 cm³/mol. The summed E-state index contributed by atoms with van der Waals surface area (Å²) in [6.45, 7) is 0.185. The Labute approximate surface area is 130 Å². The number of benzene rings is 2. The lowest BCUT2D eigenvalue weighted by atomic mass is 10.1. The van der Waals surface area contributed by atoms with Gasteiger partial charge in [-0.05, 0) is 35.4 Å². The average Bonchev–Trinajstić information content (AvgIpc) is 2.47. The Hall–Kier alpha value is -2.01. The molecule has 0 unspecified atom stereocenters. The molecule has 0 heterocycles. The molecule has 0 aliphatic rings. The molecule has 0 fully saturated rings. The summed E-state index contributed by atoms with van der Waals surface area (Å²) in [5, 5.41) is 3.26. The summed E-state index contributed by atoms with van der Waals surface area (Å²) in [6, 6.07) is 11.6. The second-order valence-electron chi connectivity index (χ2n) is 4.77. The summed E-state index contributed by atoms with van der Waals surface area (Å²) in [5.41, 5.74) is 0.718. The highest BCUT2D eigenvalue weighted by Crippen LogP contribution is 2.29. The molecule has 0 bridgehead atoms. The lowest BCUT2D eigenvalue weighted by molar-refractivity contribution is -0.137. The van der Waals surface area contributed by atoms with E-state index in [9.17, 15) is 18.0 Å². The minimum Gasteiger partial charge on any atom is -0.352 e. The molecule has 0 aliphatic heterocycles. The van der Waals surface area contributed by atoms with Gasteiger partial charge < -0.3 is 5.32 Å². The van der Waals surface area contributed by atoms with Crippen molar-refractivity contribution in [3.05, 3.63) is 70.2 Å². The Morgan fingerprint density at radius 3 is 2.05 bits per heavy atom. The molecule has 22 heavy (non-hydrogen) atoms. The van der Waals surface area contributed by atoms with Gasteiger partial charge in [0.2, 0.25) is 5.91 Å². The van der Waals surface area contributed by atoms with E-state index in [2.05, 4.69) is 5.32 Å². The molecular formula is C16H13ClF3NO. The number of nitrogens with one attached hydrogen (secondary N) is 1. The van der Waals surface area contributed by atoms with Crippen LogP contribution >= 0.6 is 11.6 Å². The third kappa shape index (κ3) is 4.77. The van der Waals surface area contributed by atoms with Crippen LogP contribution in [0.2, 0.25) is 5.02 Å². The van der Waals surface area contributed by atoms with Crippen molar-refractivity contribution in [3.8, 4) is 0 Å². The van der Waals surface area contributed by atoms with Gasteiger partial charge in [-0.15, -0.1) is 0 Å². The number of carbonyl (C=O) groups excluding carboxylic acids is 1. The summed E-state index contributed by atoms with van der Waals surface area (Å²) >= 11 is 5.75. The van der Waals surface area contributed by atoms with Crippen LogP contribution in [-0.4, -0.2) is 5.91 Å². The van der Waals surface area contributed by atoms with Crippen molar-refractivity contribution in [2.24, 2.45) is 0 Å². The van der Waals surface area contributed by atoms with Gasteiger partial charge >= 0.3 is 6.18 Å². The SMILES string of the molecule is O=C(Cc1ccc(Cl)cc1)NCc1ccc(C(F)(F)F)cc1. The normalized spacial score (nSPS) is 11.3. The maximum Gasteiger partial charge on any atom is 0.416 e. The smallest absolute Gasteiger partial charge is 0.352 e. The van der Waals surface area contributed by atoms with Crippen LogP contribution in [0.5, 0.6) is 0 Å². The Bertz CT molecular complexity index is 636. The maximum atomic E-state index is 12.4. The largest absolute Gasteiger partial charge is 0.416 e. The monoisotopic (exact) mass is 327 g/mol. The summed E-state index contributed by atoms with van der Waals surface area (Å²) < 4.78 is 37.3. The fourth-order valence-electron chi connectivity index (χ4n) is 1.86. The molecule has 2 aromatic carbocycles. The van der Waals surface area contributed by atoms with E-state index < -0.39 is 11.7 Å². The molecule has 2 rings (SSSR count). The van der Waals surface area contributed by atoms with Crippen molar-refractivity contribution in [1.29, 1.82) is 0 Å². The van der Waals surface area contributed by atoms with E-state index in [1.165, 1.54) is 12.1 Å². The standard InChI is InChI=1S/C16H13ClF3NO/c17-14-7-3-11(4-8-14)9-15(22)21-10-12-1-5-13(6-2-12)16(18,19)20/h1-8H,9-10H2,(H,21,22). The highest BCUT2D eigenvalue weighted by atomic mass is 35.5. The van der Waals surface area contributed by atoms with Gasteiger partial charge in [0.15, 0.2) is 0 Å². The molecule has 1 N–H and O–H groups in total. The molecule has 2 aromatic rings. The molecule has 1 amide bonds. The summed E-state index contributed by atoms with van der Waals surface area (Å²) in [6.07, 6.45) is -4.16. The van der Waals surface area contributed by atoms with Crippen LogP contribution in [0.15, 0.2) is 48.5 Å². The quantitative estimate of drug-likeness (QED) is 0.895. The number of carbonyl (C=O) groups is 1. The molecule has 6 heteroatoms. The fourth-order valence-corrected chi connectivity index (χ4v) is 1.99. The topological polar surface area (TPSA) is 29.1 Å². The van der Waals surface area contributed by atoms with Crippen LogP contribution in [0.3, 0.4) is 0 Å². The van der Waals surface area contributed by atoms with E-state index in [4.69, 9.17) is 11.6 Å². The molecule has 2 nitrogen and oxygen atoms in total. The zero-order valence-electron chi connectivity index (χ0n) is 11.5. The first-order valence-corrected chi connectivity index (χ1v) is 6.89. The van der Waals surface area contributed by atoms with Gasteiger partial charge in [0.05, 0.1) is 12.0 Å². The second kappa shape index (κ2) is 6.83. The van der Waals surface area contributed by atoms with E-state index in [1.54, 1.807) is 24.3 Å². The van der Waals surface area contributed by atoms with E-state index in [1.807, 2.05) is 0 Å². The van der Waals surface area contributed by atoms with Crippen LogP contribution < -0.4 is 5.32 Å². The van der Waals surface area contributed by atoms with Gasteiger partial charge in [0, 0.05) is 11.6 Å². The Balaban J connectivity index is 1.87. The molecular weight excluding hydrogens is 315 g/mol. The van der Waals surface area contributed by atoms with E-state index in [-0.39, 0.29) is 18.9 Å². The minimum absolute atomic E-state index is 0.185. The van der Waals surface area contributed by atoms with Crippen molar-refractivity contribution >= 4 is 17.5 Å². The van der Waals surface area contributed by atoms with Crippen molar-refractivity contribution in [3.63, 3.8) is 0 Å². The van der Waals surface area contributed by atoms with Crippen LogP contribution in [0.1, 0.15) is 16.7 Å². The van der Waals surface area contributed by atoms with Gasteiger partial charge in [-0.1, -0.05) is 35.9 Å². The van der Waals surface area contributed by atoms with Crippen molar-refractivity contribution in [2.45, 2.75) is 19.1 Å². The van der Waals surface area contributed by atoms with Crippen molar-refractivity contribution < 1.29 is 18.0 Å². The second-order valence-corrected chi connectivity index (χ2v) is 5.21. The lowest BCUT2D eigenvalue weighted by Crippen LogP contribution is -2.24. The van der Waals surface area contributed by atoms with Gasteiger partial charge in [-0.3, -0.25) is 4.79 Å². The number of halogens is 4. The van der Waals surface area contributed by atoms with Crippen LogP contribution in [0, 0.1) is 0 Å². The highest BCUT2D eigenvalue weighted by molar-refractivity contribution is 6.30. The van der Waals surface area contributed by atoms with E-state index in [0.717, 1.165) is 17.7 Å². The molecule has 116 valence electrons. The summed E-state index contributed by atoms with van der Waals surface area (Å²) in [4.78, 5) is 11.8. The lowest BCUT2D eigenvalue weighted by Gasteiger charge is -2.09. The Morgan fingerprint density at radius 2 is 1.50 bits per heavy atom. The Kier molecular flexibility index (Phi) is 5.08. The third-order valence-electron chi connectivity index (χ3n) is 3.05. The number of rotatable bonds is 4. The molecule has 0 aromatic heterocycles. The summed E-state index contributed by atoms with van der Waals surface area (Å²) in [5.74, 6) is -0.206. The van der Waals surface area contributed by atoms with Gasteiger partial charge in [-0.2, -0.15) is 13.2 Å². The van der Waals surface area contributed by atoms with Gasteiger partial charge in [0.1, 0.15) is 0 Å². The predicted octanol–water partition coefficient (Wildman–Crippen LogP) is 4.22. The highest BCUT2D eigenvalue weighted by Gasteiger charge is 2.29. The fraction of sp³-hybridized carbons (Fsp3) is 0.188. The zero-order valence-corrected chi connectivity index (χ0v) is 12.2. The van der Waals surface area contributed by atoms with E-state index >= 15 is 0 Å². The summed E-state index contributed by atoms with van der Waals surface area (Å²) in [7, 11) is 0. The first kappa shape index (κ1) is 16.4. The third-order valence-corrected chi connectivity index (χ3v) is 3.30. The molecule has 0 atom stereocenters. The zero-order chi connectivity index (χ0) is 16.2. The van der Waals surface area contributed by atoms with Crippen molar-refractivity contribution in [2.75, 3.05) is 0 Å². The first-order chi connectivity index (χ1) is 10.3. The maximum absolute atomic E-state index is 12.4. The molecule has 0 spiro atoms. The van der Waals surface area contributed by atoms with Crippen molar-refractivity contribution in [1.82, 2.24) is 5.32 Å². The average molecular weight is 328 g/mol. The van der Waals surface area contributed by atoms with Gasteiger partial charge in [0.25, 0.3) is 0 Å². The number of hydrogen-bond acceptors (Lipinski definition) is 1. The van der Waals surface area contributed by atoms with Crippen LogP contribution in [0.25, 0.3) is 0 Å². The first-order valence-electron chi connectivity index (χ1n) is 6.52. The Morgan fingerprint density at radius 1 is 0.955 bits per heavy atom. The number of alkyl halides is 3. The van der Waals surface area contributed by atoms with Gasteiger partial charge in [-0.25, -0.2) is 0 Å². The molecule has 0 aliphatic carbocycles. The van der Waals surface area contributed by atoms with Crippen LogP contribution in [0.4, 0.5) is 13.2 Å². The molecule has 0 saturated heterocycles.